The molecular weight excluding hydrogens is 411 g/mol. The number of alkyl halides is 3. The number of nitrogens with zero attached hydrogens (tertiary/aromatic N) is 1. The molecule has 0 spiro atoms. The summed E-state index contributed by atoms with van der Waals surface area (Å²) in [6.07, 6.45) is 6.58. The molecule has 176 valence electrons. The van der Waals surface area contributed by atoms with E-state index in [4.69, 9.17) is 4.55 Å². The van der Waals surface area contributed by atoms with Crippen molar-refractivity contribution in [3.63, 3.8) is 0 Å². The Morgan fingerprint density at radius 3 is 1.53 bits per heavy atom. The highest BCUT2D eigenvalue weighted by molar-refractivity contribution is 7.79. The van der Waals surface area contributed by atoms with E-state index >= 15 is 0 Å². The Morgan fingerprint density at radius 1 is 0.833 bits per heavy atom. The number of rotatable bonds is 13. The van der Waals surface area contributed by atoms with Crippen LogP contribution in [0, 0.1) is 0 Å². The van der Waals surface area contributed by atoms with Gasteiger partial charge in [0.1, 0.15) is 0 Å². The second-order valence-electron chi connectivity index (χ2n) is 7.93. The van der Waals surface area contributed by atoms with Crippen molar-refractivity contribution in [2.45, 2.75) is 90.1 Å². The van der Waals surface area contributed by atoms with Gasteiger partial charge in [-0.15, -0.1) is 0 Å². The zero-order chi connectivity index (χ0) is 23.0. The van der Waals surface area contributed by atoms with Gasteiger partial charge in [-0.2, -0.15) is 13.2 Å². The van der Waals surface area contributed by atoms with Gasteiger partial charge in [0.15, 0.2) is 11.1 Å². The SMILES string of the molecule is CCCC[N+](CCCC)(CCCC)CCCC.O=S(O)c1cccc(C(F)(F)F)c1. The van der Waals surface area contributed by atoms with E-state index in [9.17, 15) is 17.4 Å². The van der Waals surface area contributed by atoms with Crippen LogP contribution in [0.15, 0.2) is 29.2 Å². The summed E-state index contributed by atoms with van der Waals surface area (Å²) in [5.41, 5.74) is -0.924. The molecule has 0 fully saturated rings. The van der Waals surface area contributed by atoms with Crippen LogP contribution in [0.4, 0.5) is 13.2 Å². The van der Waals surface area contributed by atoms with E-state index in [-0.39, 0.29) is 4.90 Å². The minimum absolute atomic E-state index is 0.255. The number of hydrogen-bond acceptors (Lipinski definition) is 1. The fourth-order valence-corrected chi connectivity index (χ4v) is 3.85. The van der Waals surface area contributed by atoms with Crippen LogP contribution in [-0.4, -0.2) is 39.4 Å². The van der Waals surface area contributed by atoms with E-state index < -0.39 is 22.8 Å². The second kappa shape index (κ2) is 15.8. The fraction of sp³-hybridized carbons (Fsp3) is 0.739. The maximum atomic E-state index is 12.1. The van der Waals surface area contributed by atoms with Gasteiger partial charge in [0.25, 0.3) is 0 Å². The van der Waals surface area contributed by atoms with E-state index in [0.29, 0.717) is 6.07 Å². The number of hydrogen-bond donors (Lipinski definition) is 1. The zero-order valence-corrected chi connectivity index (χ0v) is 20.0. The maximum absolute atomic E-state index is 12.1. The number of quaternary nitrogens is 1. The summed E-state index contributed by atoms with van der Waals surface area (Å²) in [5, 5.41) is 0. The van der Waals surface area contributed by atoms with Gasteiger partial charge in [-0.05, 0) is 43.9 Å². The third-order valence-electron chi connectivity index (χ3n) is 5.31. The van der Waals surface area contributed by atoms with Crippen molar-refractivity contribution in [1.82, 2.24) is 0 Å². The molecule has 1 aromatic carbocycles. The lowest BCUT2D eigenvalue weighted by atomic mass is 10.1. The topological polar surface area (TPSA) is 37.3 Å². The Hall–Kier alpha value is -0.920. The lowest BCUT2D eigenvalue weighted by Gasteiger charge is -2.39. The number of unbranched alkanes of at least 4 members (excludes halogenated alkanes) is 4. The molecule has 1 aromatic rings. The summed E-state index contributed by atoms with van der Waals surface area (Å²) in [4.78, 5) is -0.255. The summed E-state index contributed by atoms with van der Waals surface area (Å²) >= 11 is -2.37. The first-order valence-electron chi connectivity index (χ1n) is 11.3. The third-order valence-corrected chi connectivity index (χ3v) is 5.96. The Balaban J connectivity index is 0.000000579. The molecule has 0 aromatic heterocycles. The van der Waals surface area contributed by atoms with Gasteiger partial charge in [-0.1, -0.05) is 59.4 Å². The van der Waals surface area contributed by atoms with Gasteiger partial charge in [0, 0.05) is 0 Å². The Kier molecular flexibility index (Phi) is 15.3. The molecule has 3 nitrogen and oxygen atoms in total. The van der Waals surface area contributed by atoms with E-state index in [1.54, 1.807) is 0 Å². The first-order chi connectivity index (χ1) is 14.2. The molecule has 1 atom stereocenters. The van der Waals surface area contributed by atoms with Gasteiger partial charge >= 0.3 is 6.18 Å². The minimum atomic E-state index is -4.48. The molecule has 0 aliphatic heterocycles. The first-order valence-corrected chi connectivity index (χ1v) is 12.4. The van der Waals surface area contributed by atoms with E-state index in [2.05, 4.69) is 27.7 Å². The molecule has 1 N–H and O–H groups in total. The van der Waals surface area contributed by atoms with Crippen LogP contribution in [0.2, 0.25) is 0 Å². The zero-order valence-electron chi connectivity index (χ0n) is 19.1. The Bertz CT molecular complexity index is 557. The predicted octanol–water partition coefficient (Wildman–Crippen LogP) is 7.29. The van der Waals surface area contributed by atoms with Gasteiger partial charge < -0.3 is 9.04 Å². The molecule has 1 rings (SSSR count). The molecule has 0 saturated carbocycles. The second-order valence-corrected chi connectivity index (χ2v) is 8.89. The van der Waals surface area contributed by atoms with Crippen molar-refractivity contribution in [1.29, 1.82) is 0 Å². The summed E-state index contributed by atoms with van der Waals surface area (Å²) < 4.78 is 56.5. The van der Waals surface area contributed by atoms with Gasteiger partial charge in [0.2, 0.25) is 0 Å². The molecule has 0 heterocycles. The molecule has 0 amide bonds. The van der Waals surface area contributed by atoms with Gasteiger partial charge in [0.05, 0.1) is 36.6 Å². The first kappa shape index (κ1) is 29.1. The average Bonchev–Trinajstić information content (AvgIpc) is 2.72. The van der Waals surface area contributed by atoms with Crippen molar-refractivity contribution in [2.75, 3.05) is 26.2 Å². The Morgan fingerprint density at radius 2 is 1.23 bits per heavy atom. The van der Waals surface area contributed by atoms with Gasteiger partial charge in [-0.25, -0.2) is 4.21 Å². The third kappa shape index (κ3) is 12.1. The van der Waals surface area contributed by atoms with Crippen LogP contribution in [-0.2, 0) is 17.3 Å². The quantitative estimate of drug-likeness (QED) is 0.252. The van der Waals surface area contributed by atoms with Crippen LogP contribution in [0.5, 0.6) is 0 Å². The average molecular weight is 453 g/mol. The van der Waals surface area contributed by atoms with E-state index in [1.165, 1.54) is 82.0 Å². The molecule has 30 heavy (non-hydrogen) atoms. The number of benzene rings is 1. The highest BCUT2D eigenvalue weighted by Gasteiger charge is 2.30. The monoisotopic (exact) mass is 452 g/mol. The lowest BCUT2D eigenvalue weighted by molar-refractivity contribution is -0.929. The van der Waals surface area contributed by atoms with Crippen molar-refractivity contribution in [2.24, 2.45) is 0 Å². The van der Waals surface area contributed by atoms with Crippen molar-refractivity contribution >= 4 is 11.1 Å². The summed E-state index contributed by atoms with van der Waals surface area (Å²) in [6.45, 7) is 15.0. The highest BCUT2D eigenvalue weighted by Crippen LogP contribution is 2.29. The summed E-state index contributed by atoms with van der Waals surface area (Å²) in [6, 6.07) is 3.74. The van der Waals surface area contributed by atoms with E-state index in [0.717, 1.165) is 18.2 Å². The van der Waals surface area contributed by atoms with Crippen molar-refractivity contribution in [3.05, 3.63) is 29.8 Å². The van der Waals surface area contributed by atoms with Crippen LogP contribution >= 0.6 is 0 Å². The number of halogens is 3. The molecule has 0 radical (unpaired) electrons. The van der Waals surface area contributed by atoms with Crippen LogP contribution < -0.4 is 0 Å². The van der Waals surface area contributed by atoms with Crippen LogP contribution in [0.3, 0.4) is 0 Å². The fourth-order valence-electron chi connectivity index (χ4n) is 3.43. The standard InChI is InChI=1S/C16H36N.C7H5F3O2S/c1-5-9-13-17(14-10-6-2,15-11-7-3)16-12-8-4;8-7(9,10)5-2-1-3-6(4-5)13(11)12/h5-16H2,1-4H3;1-4H,(H,11,12)/q+1;. The minimum Gasteiger partial charge on any atom is -0.324 e. The molecule has 0 bridgehead atoms. The summed E-state index contributed by atoms with van der Waals surface area (Å²) in [5.74, 6) is 0. The Labute approximate surface area is 183 Å². The molecule has 1 unspecified atom stereocenters. The normalized spacial score (nSPS) is 12.9. The van der Waals surface area contributed by atoms with Gasteiger partial charge in [-0.3, -0.25) is 0 Å². The lowest BCUT2D eigenvalue weighted by Crippen LogP contribution is -2.50. The molecule has 0 aliphatic rings. The maximum Gasteiger partial charge on any atom is 0.416 e. The molecule has 0 saturated heterocycles. The molecule has 0 aliphatic carbocycles. The highest BCUT2D eigenvalue weighted by atomic mass is 32.2. The summed E-state index contributed by atoms with van der Waals surface area (Å²) in [7, 11) is 0. The van der Waals surface area contributed by atoms with Crippen LogP contribution in [0.1, 0.15) is 84.6 Å². The predicted molar refractivity (Wildman–Crippen MR) is 120 cm³/mol. The largest absolute Gasteiger partial charge is 0.416 e. The van der Waals surface area contributed by atoms with Crippen LogP contribution in [0.25, 0.3) is 0 Å². The van der Waals surface area contributed by atoms with Crippen molar-refractivity contribution in [3.8, 4) is 0 Å². The van der Waals surface area contributed by atoms with Crippen molar-refractivity contribution < 1.29 is 26.4 Å². The molecule has 7 heteroatoms. The molecular formula is C23H41F3NO2S+. The smallest absolute Gasteiger partial charge is 0.324 e. The van der Waals surface area contributed by atoms with E-state index in [1.807, 2.05) is 0 Å².